The molecule has 15 heavy (non-hydrogen) atoms. The fourth-order valence-electron chi connectivity index (χ4n) is 2.34. The van der Waals surface area contributed by atoms with Crippen LogP contribution >= 0.6 is 0 Å². The van der Waals surface area contributed by atoms with E-state index in [1.54, 1.807) is 0 Å². The molecular weight excluding hydrogens is 186 g/mol. The van der Waals surface area contributed by atoms with Crippen molar-refractivity contribution in [2.24, 2.45) is 0 Å². The summed E-state index contributed by atoms with van der Waals surface area (Å²) >= 11 is 0. The highest BCUT2D eigenvalue weighted by Crippen LogP contribution is 2.29. The molecule has 1 aliphatic heterocycles. The van der Waals surface area contributed by atoms with Crippen molar-refractivity contribution in [1.29, 1.82) is 0 Å². The van der Waals surface area contributed by atoms with Crippen LogP contribution < -0.4 is 0 Å². The SMILES string of the molecule is Cc1ccc(C2C(=O)CCN2C)c(C)c1. The first kappa shape index (κ1) is 10.4. The molecule has 0 saturated carbocycles. The Kier molecular flexibility index (Phi) is 2.61. The number of likely N-dealkylation sites (N-methyl/N-ethyl adjacent to an activating group) is 1. The summed E-state index contributed by atoms with van der Waals surface area (Å²) in [5.41, 5.74) is 3.65. The van der Waals surface area contributed by atoms with Gasteiger partial charge in [0.2, 0.25) is 0 Å². The van der Waals surface area contributed by atoms with Crippen LogP contribution in [0.2, 0.25) is 0 Å². The molecular formula is C13H17NO. The number of carbonyl (C=O) groups excluding carboxylic acids is 1. The van der Waals surface area contributed by atoms with Crippen molar-refractivity contribution in [3.63, 3.8) is 0 Å². The van der Waals surface area contributed by atoms with Crippen LogP contribution in [0.5, 0.6) is 0 Å². The average Bonchev–Trinajstić information content (AvgIpc) is 2.48. The van der Waals surface area contributed by atoms with Gasteiger partial charge in [-0.25, -0.2) is 0 Å². The summed E-state index contributed by atoms with van der Waals surface area (Å²) < 4.78 is 0. The van der Waals surface area contributed by atoms with Gasteiger partial charge in [0.25, 0.3) is 0 Å². The van der Waals surface area contributed by atoms with E-state index in [0.29, 0.717) is 12.2 Å². The van der Waals surface area contributed by atoms with Crippen LogP contribution in [-0.4, -0.2) is 24.3 Å². The zero-order valence-electron chi connectivity index (χ0n) is 9.58. The zero-order valence-corrected chi connectivity index (χ0v) is 9.58. The van der Waals surface area contributed by atoms with Crippen LogP contribution in [0.4, 0.5) is 0 Å². The standard InChI is InChI=1S/C13H17NO/c1-9-4-5-11(10(2)8-9)13-12(15)6-7-14(13)3/h4-5,8,13H,6-7H2,1-3H3. The summed E-state index contributed by atoms with van der Waals surface area (Å²) in [6.45, 7) is 5.05. The molecule has 2 nitrogen and oxygen atoms in total. The van der Waals surface area contributed by atoms with Crippen LogP contribution in [0.15, 0.2) is 18.2 Å². The van der Waals surface area contributed by atoms with Crippen molar-refractivity contribution in [2.45, 2.75) is 26.3 Å². The third-order valence-electron chi connectivity index (χ3n) is 3.18. The van der Waals surface area contributed by atoms with E-state index in [1.807, 2.05) is 7.05 Å². The van der Waals surface area contributed by atoms with Gasteiger partial charge in [0.1, 0.15) is 0 Å². The zero-order chi connectivity index (χ0) is 11.0. The van der Waals surface area contributed by atoms with E-state index in [1.165, 1.54) is 16.7 Å². The topological polar surface area (TPSA) is 20.3 Å². The highest BCUT2D eigenvalue weighted by Gasteiger charge is 2.31. The number of hydrogen-bond donors (Lipinski definition) is 0. The maximum absolute atomic E-state index is 11.8. The molecule has 1 unspecified atom stereocenters. The molecule has 0 aromatic heterocycles. The molecule has 0 N–H and O–H groups in total. The van der Waals surface area contributed by atoms with Crippen molar-refractivity contribution in [3.05, 3.63) is 34.9 Å². The molecule has 1 aliphatic rings. The minimum Gasteiger partial charge on any atom is -0.297 e. The van der Waals surface area contributed by atoms with Crippen LogP contribution in [-0.2, 0) is 4.79 Å². The number of hydrogen-bond acceptors (Lipinski definition) is 2. The molecule has 0 amide bonds. The number of rotatable bonds is 1. The highest BCUT2D eigenvalue weighted by molar-refractivity contribution is 5.87. The smallest absolute Gasteiger partial charge is 0.155 e. The van der Waals surface area contributed by atoms with Crippen molar-refractivity contribution >= 4 is 5.78 Å². The van der Waals surface area contributed by atoms with E-state index in [2.05, 4.69) is 36.9 Å². The van der Waals surface area contributed by atoms with E-state index in [9.17, 15) is 4.79 Å². The van der Waals surface area contributed by atoms with Crippen LogP contribution in [0.1, 0.15) is 29.2 Å². The number of benzene rings is 1. The molecule has 1 heterocycles. The first-order chi connectivity index (χ1) is 7.09. The molecule has 1 saturated heterocycles. The molecule has 1 atom stereocenters. The van der Waals surface area contributed by atoms with Crippen molar-refractivity contribution in [1.82, 2.24) is 4.90 Å². The summed E-state index contributed by atoms with van der Waals surface area (Å²) in [5, 5.41) is 0. The van der Waals surface area contributed by atoms with Crippen molar-refractivity contribution in [3.8, 4) is 0 Å². The highest BCUT2D eigenvalue weighted by atomic mass is 16.1. The summed E-state index contributed by atoms with van der Waals surface area (Å²) in [7, 11) is 2.02. The lowest BCUT2D eigenvalue weighted by atomic mass is 9.97. The van der Waals surface area contributed by atoms with Gasteiger partial charge in [-0.1, -0.05) is 23.8 Å². The van der Waals surface area contributed by atoms with E-state index in [-0.39, 0.29) is 6.04 Å². The van der Waals surface area contributed by atoms with Crippen LogP contribution in [0.3, 0.4) is 0 Å². The van der Waals surface area contributed by atoms with Gasteiger partial charge in [0.15, 0.2) is 5.78 Å². The fraction of sp³-hybridized carbons (Fsp3) is 0.462. The van der Waals surface area contributed by atoms with Gasteiger partial charge in [-0.2, -0.15) is 0 Å². The molecule has 0 radical (unpaired) electrons. The molecule has 0 bridgehead atoms. The number of nitrogens with zero attached hydrogens (tertiary/aromatic N) is 1. The largest absolute Gasteiger partial charge is 0.297 e. The normalized spacial score (nSPS) is 22.3. The predicted molar refractivity (Wildman–Crippen MR) is 60.9 cm³/mol. The average molecular weight is 203 g/mol. The molecule has 0 aliphatic carbocycles. The Bertz CT molecular complexity index is 398. The molecule has 1 aromatic rings. The lowest BCUT2D eigenvalue weighted by Crippen LogP contribution is -2.21. The monoisotopic (exact) mass is 203 g/mol. The Balaban J connectivity index is 2.40. The predicted octanol–water partition coefficient (Wildman–Crippen LogP) is 2.25. The Labute approximate surface area is 90.9 Å². The maximum atomic E-state index is 11.8. The Hall–Kier alpha value is -1.15. The minimum atomic E-state index is -0.00870. The summed E-state index contributed by atoms with van der Waals surface area (Å²) in [6.07, 6.45) is 0.689. The number of Topliss-reactive ketones (excluding diaryl/α,β-unsaturated/α-hetero) is 1. The van der Waals surface area contributed by atoms with E-state index in [0.717, 1.165) is 6.54 Å². The van der Waals surface area contributed by atoms with Crippen molar-refractivity contribution in [2.75, 3.05) is 13.6 Å². The van der Waals surface area contributed by atoms with Crippen LogP contribution in [0, 0.1) is 13.8 Å². The maximum Gasteiger partial charge on any atom is 0.155 e. The van der Waals surface area contributed by atoms with Gasteiger partial charge in [0, 0.05) is 13.0 Å². The number of carbonyl (C=O) groups is 1. The quantitative estimate of drug-likeness (QED) is 0.697. The second-order valence-electron chi connectivity index (χ2n) is 4.46. The van der Waals surface area contributed by atoms with Crippen molar-refractivity contribution < 1.29 is 4.79 Å². The molecule has 80 valence electrons. The molecule has 2 heteroatoms. The third-order valence-corrected chi connectivity index (χ3v) is 3.18. The Morgan fingerprint density at radius 1 is 1.33 bits per heavy atom. The lowest BCUT2D eigenvalue weighted by Gasteiger charge is -2.20. The minimum absolute atomic E-state index is 0.00870. The van der Waals surface area contributed by atoms with Gasteiger partial charge >= 0.3 is 0 Å². The van der Waals surface area contributed by atoms with E-state index in [4.69, 9.17) is 0 Å². The summed E-state index contributed by atoms with van der Waals surface area (Å²) in [4.78, 5) is 13.9. The molecule has 0 spiro atoms. The first-order valence-electron chi connectivity index (χ1n) is 5.39. The first-order valence-corrected chi connectivity index (χ1v) is 5.39. The van der Waals surface area contributed by atoms with Crippen LogP contribution in [0.25, 0.3) is 0 Å². The summed E-state index contributed by atoms with van der Waals surface area (Å²) in [5.74, 6) is 0.351. The number of aryl methyl sites for hydroxylation is 2. The molecule has 2 rings (SSSR count). The summed E-state index contributed by atoms with van der Waals surface area (Å²) in [6, 6.07) is 6.32. The molecule has 1 fully saturated rings. The number of likely N-dealkylation sites (tertiary alicyclic amines) is 1. The fourth-order valence-corrected chi connectivity index (χ4v) is 2.34. The van der Waals surface area contributed by atoms with Gasteiger partial charge in [-0.3, -0.25) is 9.69 Å². The third kappa shape index (κ3) is 1.82. The van der Waals surface area contributed by atoms with Gasteiger partial charge in [-0.15, -0.1) is 0 Å². The lowest BCUT2D eigenvalue weighted by molar-refractivity contribution is -0.119. The van der Waals surface area contributed by atoms with E-state index >= 15 is 0 Å². The van der Waals surface area contributed by atoms with E-state index < -0.39 is 0 Å². The Morgan fingerprint density at radius 2 is 2.07 bits per heavy atom. The number of ketones is 1. The van der Waals surface area contributed by atoms with Gasteiger partial charge < -0.3 is 0 Å². The Morgan fingerprint density at radius 3 is 2.60 bits per heavy atom. The van der Waals surface area contributed by atoms with Gasteiger partial charge in [-0.05, 0) is 32.0 Å². The van der Waals surface area contributed by atoms with Gasteiger partial charge in [0.05, 0.1) is 6.04 Å². The molecule has 1 aromatic carbocycles. The second kappa shape index (κ2) is 3.78. The second-order valence-corrected chi connectivity index (χ2v) is 4.46.